The van der Waals surface area contributed by atoms with Crippen LogP contribution in [-0.2, 0) is 0 Å². The molecule has 0 rings (SSSR count). The molecule has 0 amide bonds. The third-order valence-corrected chi connectivity index (χ3v) is 2.11. The number of allylic oxidation sites excluding steroid dienone is 4. The monoisotopic (exact) mass is 208 g/mol. The lowest BCUT2D eigenvalue weighted by atomic mass is 10.1. The number of rotatable bonds is 5. The highest BCUT2D eigenvalue weighted by Gasteiger charge is 2.04. The molecule has 0 saturated carbocycles. The summed E-state index contributed by atoms with van der Waals surface area (Å²) in [6.07, 6.45) is 10.6. The van der Waals surface area contributed by atoms with Crippen LogP contribution in [0.5, 0.6) is 0 Å². The fourth-order valence-electron chi connectivity index (χ4n) is 0.993. The molecule has 3 N–H and O–H groups in total. The van der Waals surface area contributed by atoms with Gasteiger partial charge in [-0.1, -0.05) is 48.0 Å². The second kappa shape index (κ2) is 7.85. The van der Waals surface area contributed by atoms with Gasteiger partial charge in [-0.15, -0.1) is 0 Å². The summed E-state index contributed by atoms with van der Waals surface area (Å²) in [5.74, 6) is 0.0628. The Morgan fingerprint density at radius 2 is 2.13 bits per heavy atom. The van der Waals surface area contributed by atoms with E-state index in [2.05, 4.69) is 19.0 Å². The van der Waals surface area contributed by atoms with Gasteiger partial charge in [-0.05, 0) is 20.3 Å². The second-order valence-electron chi connectivity index (χ2n) is 3.33. The maximum atomic E-state index is 8.57. The summed E-state index contributed by atoms with van der Waals surface area (Å²) in [6.45, 7) is 6.07. The smallest absolute Gasteiger partial charge is 0.149 e. The van der Waals surface area contributed by atoms with Crippen molar-refractivity contribution < 1.29 is 5.21 Å². The summed E-state index contributed by atoms with van der Waals surface area (Å²) < 4.78 is 0. The van der Waals surface area contributed by atoms with Crippen molar-refractivity contribution in [3.63, 3.8) is 0 Å². The van der Waals surface area contributed by atoms with Crippen LogP contribution in [-0.4, -0.2) is 11.0 Å². The number of nitrogens with two attached hydrogens (primary N) is 1. The van der Waals surface area contributed by atoms with E-state index in [9.17, 15) is 0 Å². The van der Waals surface area contributed by atoms with Gasteiger partial charge in [0.25, 0.3) is 0 Å². The van der Waals surface area contributed by atoms with E-state index in [-0.39, 0.29) is 11.8 Å². The maximum Gasteiger partial charge on any atom is 0.149 e. The minimum atomic E-state index is -0.138. The van der Waals surface area contributed by atoms with Gasteiger partial charge in [-0.25, -0.2) is 0 Å². The second-order valence-corrected chi connectivity index (χ2v) is 3.33. The van der Waals surface area contributed by atoms with E-state index in [1.54, 1.807) is 0 Å². The first-order chi connectivity index (χ1) is 7.15. The molecule has 3 nitrogen and oxygen atoms in total. The van der Waals surface area contributed by atoms with Gasteiger partial charge in [0.1, 0.15) is 5.84 Å². The molecule has 84 valence electrons. The summed E-state index contributed by atoms with van der Waals surface area (Å²) in [4.78, 5) is 0. The predicted molar refractivity (Wildman–Crippen MR) is 64.9 cm³/mol. The van der Waals surface area contributed by atoms with Gasteiger partial charge in [0, 0.05) is 0 Å². The van der Waals surface area contributed by atoms with Crippen LogP contribution in [0.2, 0.25) is 0 Å². The zero-order chi connectivity index (χ0) is 11.7. The minimum absolute atomic E-state index is 0.138. The molecule has 0 aliphatic carbocycles. The average Bonchev–Trinajstić information content (AvgIpc) is 2.26. The van der Waals surface area contributed by atoms with Crippen molar-refractivity contribution in [1.82, 2.24) is 0 Å². The summed E-state index contributed by atoms with van der Waals surface area (Å²) >= 11 is 0. The number of nitrogens with zero attached hydrogens (tertiary/aromatic N) is 1. The highest BCUT2D eigenvalue weighted by molar-refractivity contribution is 5.85. The van der Waals surface area contributed by atoms with Crippen LogP contribution in [0.4, 0.5) is 0 Å². The summed E-state index contributed by atoms with van der Waals surface area (Å²) in [5.41, 5.74) is 6.83. The molecule has 0 aromatic heterocycles. The molecular weight excluding hydrogens is 188 g/mol. The summed E-state index contributed by atoms with van der Waals surface area (Å²) in [6, 6.07) is 0. The molecular formula is C12H20N2O. The van der Waals surface area contributed by atoms with E-state index < -0.39 is 0 Å². The van der Waals surface area contributed by atoms with Crippen molar-refractivity contribution in [2.24, 2.45) is 16.8 Å². The quantitative estimate of drug-likeness (QED) is 0.182. The van der Waals surface area contributed by atoms with Crippen LogP contribution in [0.1, 0.15) is 27.2 Å². The van der Waals surface area contributed by atoms with Gasteiger partial charge in [0.2, 0.25) is 0 Å². The molecule has 15 heavy (non-hydrogen) atoms. The van der Waals surface area contributed by atoms with E-state index in [0.29, 0.717) is 0 Å². The first kappa shape index (κ1) is 13.5. The molecule has 0 bridgehead atoms. The number of amidine groups is 1. The zero-order valence-corrected chi connectivity index (χ0v) is 9.64. The molecule has 0 aliphatic heterocycles. The van der Waals surface area contributed by atoms with Crippen molar-refractivity contribution in [1.29, 1.82) is 0 Å². The zero-order valence-electron chi connectivity index (χ0n) is 9.64. The topological polar surface area (TPSA) is 58.6 Å². The molecule has 1 atom stereocenters. The van der Waals surface area contributed by atoms with E-state index in [0.717, 1.165) is 6.42 Å². The Labute approximate surface area is 91.7 Å². The lowest BCUT2D eigenvalue weighted by Gasteiger charge is -2.03. The number of oxime groups is 1. The van der Waals surface area contributed by atoms with Crippen molar-refractivity contribution in [2.75, 3.05) is 0 Å². The summed E-state index contributed by atoms with van der Waals surface area (Å²) in [7, 11) is 0. The van der Waals surface area contributed by atoms with E-state index >= 15 is 0 Å². The molecule has 0 spiro atoms. The van der Waals surface area contributed by atoms with Crippen LogP contribution in [0, 0.1) is 5.92 Å². The lowest BCUT2D eigenvalue weighted by Crippen LogP contribution is -2.20. The maximum absolute atomic E-state index is 8.57. The molecule has 0 aromatic rings. The first-order valence-corrected chi connectivity index (χ1v) is 5.09. The third kappa shape index (κ3) is 5.73. The Hall–Kier alpha value is -1.51. The normalized spacial score (nSPS) is 16.5. The molecule has 0 aliphatic rings. The van der Waals surface area contributed by atoms with Gasteiger partial charge in [-0.2, -0.15) is 0 Å². The first-order valence-electron chi connectivity index (χ1n) is 5.09. The molecule has 1 unspecified atom stereocenters. The summed E-state index contributed by atoms with van der Waals surface area (Å²) in [5, 5.41) is 11.6. The Morgan fingerprint density at radius 3 is 2.60 bits per heavy atom. The molecule has 0 aromatic carbocycles. The van der Waals surface area contributed by atoms with Crippen LogP contribution in [0.25, 0.3) is 0 Å². The van der Waals surface area contributed by atoms with Crippen molar-refractivity contribution >= 4 is 5.84 Å². The number of hydrogen-bond acceptors (Lipinski definition) is 2. The lowest BCUT2D eigenvalue weighted by molar-refractivity contribution is 0.316. The van der Waals surface area contributed by atoms with Gasteiger partial charge in [0.05, 0.1) is 5.92 Å². The Kier molecular flexibility index (Phi) is 7.06. The average molecular weight is 208 g/mol. The number of hydrogen-bond donors (Lipinski definition) is 2. The molecule has 0 saturated heterocycles. The van der Waals surface area contributed by atoms with Crippen molar-refractivity contribution in [3.8, 4) is 0 Å². The molecule has 0 heterocycles. The van der Waals surface area contributed by atoms with Gasteiger partial charge in [-0.3, -0.25) is 0 Å². The van der Waals surface area contributed by atoms with Crippen LogP contribution >= 0.6 is 0 Å². The van der Waals surface area contributed by atoms with Gasteiger partial charge < -0.3 is 10.9 Å². The molecule has 0 fully saturated rings. The van der Waals surface area contributed by atoms with Crippen LogP contribution in [0.3, 0.4) is 0 Å². The van der Waals surface area contributed by atoms with E-state index in [1.807, 2.05) is 37.3 Å². The highest BCUT2D eigenvalue weighted by atomic mass is 16.4. The van der Waals surface area contributed by atoms with Gasteiger partial charge in [0.15, 0.2) is 0 Å². The van der Waals surface area contributed by atoms with Crippen LogP contribution in [0.15, 0.2) is 41.1 Å². The van der Waals surface area contributed by atoms with Gasteiger partial charge >= 0.3 is 0 Å². The Balaban J connectivity index is 4.55. The molecule has 3 heteroatoms. The van der Waals surface area contributed by atoms with Crippen molar-refractivity contribution in [2.45, 2.75) is 27.2 Å². The standard InChI is InChI=1S/C12H20N2O/c1-4-7-11(12(13)14-15)9-6-8-10(3)5-2/h4,6-9,11,15H,5H2,1-3H3,(H2,13,14)/b7-4+,9-6?,10-8-. The Morgan fingerprint density at radius 1 is 1.47 bits per heavy atom. The fourth-order valence-corrected chi connectivity index (χ4v) is 0.993. The highest BCUT2D eigenvalue weighted by Crippen LogP contribution is 2.04. The Bertz CT molecular complexity index is 288. The van der Waals surface area contributed by atoms with Crippen LogP contribution < -0.4 is 5.73 Å². The molecule has 0 radical (unpaired) electrons. The SMILES string of the molecule is C/C=C/C(C=C/C=C(/C)CC)/C(N)=N/O. The fraction of sp³-hybridized carbons (Fsp3) is 0.417. The van der Waals surface area contributed by atoms with E-state index in [4.69, 9.17) is 10.9 Å². The minimum Gasteiger partial charge on any atom is -0.409 e. The van der Waals surface area contributed by atoms with Crippen molar-refractivity contribution in [3.05, 3.63) is 36.0 Å². The predicted octanol–water partition coefficient (Wildman–Crippen LogP) is 2.84. The van der Waals surface area contributed by atoms with E-state index in [1.165, 1.54) is 5.57 Å². The third-order valence-electron chi connectivity index (χ3n) is 2.11. The largest absolute Gasteiger partial charge is 0.409 e.